The van der Waals surface area contributed by atoms with Crippen LogP contribution >= 0.6 is 0 Å². The van der Waals surface area contributed by atoms with E-state index in [1.807, 2.05) is 0 Å². The molecule has 0 radical (unpaired) electrons. The van der Waals surface area contributed by atoms with Gasteiger partial charge in [-0.1, -0.05) is 38.1 Å². The van der Waals surface area contributed by atoms with Crippen LogP contribution in [0.5, 0.6) is 0 Å². The maximum atomic E-state index is 6.17. The van der Waals surface area contributed by atoms with Gasteiger partial charge in [0.05, 0.1) is 25.4 Å². The average molecular weight is 277 g/mol. The smallest absolute Gasteiger partial charge is 0.0808 e. The van der Waals surface area contributed by atoms with Crippen molar-refractivity contribution in [1.29, 1.82) is 0 Å². The molecule has 112 valence electrons. The molecule has 2 rings (SSSR count). The van der Waals surface area contributed by atoms with E-state index in [-0.39, 0.29) is 12.1 Å². The summed E-state index contributed by atoms with van der Waals surface area (Å²) >= 11 is 0. The quantitative estimate of drug-likeness (QED) is 0.866. The largest absolute Gasteiger partial charge is 0.377 e. The van der Waals surface area contributed by atoms with E-state index in [0.29, 0.717) is 19.1 Å². The van der Waals surface area contributed by atoms with Gasteiger partial charge in [0.1, 0.15) is 0 Å². The summed E-state index contributed by atoms with van der Waals surface area (Å²) in [6.07, 6.45) is 3.80. The molecule has 1 heterocycles. The van der Waals surface area contributed by atoms with Crippen molar-refractivity contribution in [2.45, 2.75) is 51.2 Å². The number of hydrogen-bond donors (Lipinski definition) is 1. The Morgan fingerprint density at radius 3 is 2.50 bits per heavy atom. The predicted octanol–water partition coefficient (Wildman–Crippen LogP) is 3.40. The first-order valence-electron chi connectivity index (χ1n) is 7.71. The molecule has 0 spiro atoms. The Hall–Kier alpha value is -0.900. The van der Waals surface area contributed by atoms with E-state index in [9.17, 15) is 0 Å². The SMILES string of the molecule is CC(C)c1ccc(C(N)COCC2CCCCO2)cc1. The highest BCUT2D eigenvalue weighted by Gasteiger charge is 2.15. The van der Waals surface area contributed by atoms with Crippen LogP contribution in [-0.4, -0.2) is 25.9 Å². The van der Waals surface area contributed by atoms with Crippen molar-refractivity contribution < 1.29 is 9.47 Å². The van der Waals surface area contributed by atoms with Gasteiger partial charge in [0.15, 0.2) is 0 Å². The second-order valence-corrected chi connectivity index (χ2v) is 5.95. The van der Waals surface area contributed by atoms with E-state index >= 15 is 0 Å². The van der Waals surface area contributed by atoms with E-state index in [0.717, 1.165) is 18.6 Å². The Labute approximate surface area is 122 Å². The highest BCUT2D eigenvalue weighted by atomic mass is 16.5. The van der Waals surface area contributed by atoms with Crippen LogP contribution in [0.25, 0.3) is 0 Å². The van der Waals surface area contributed by atoms with Gasteiger partial charge in [-0.05, 0) is 36.3 Å². The zero-order valence-electron chi connectivity index (χ0n) is 12.7. The standard InChI is InChI=1S/C17H27NO2/c1-13(2)14-6-8-15(9-7-14)17(18)12-19-11-16-5-3-4-10-20-16/h6-9,13,16-17H,3-5,10-12,18H2,1-2H3. The summed E-state index contributed by atoms with van der Waals surface area (Å²) < 4.78 is 11.4. The van der Waals surface area contributed by atoms with E-state index < -0.39 is 0 Å². The monoisotopic (exact) mass is 277 g/mol. The first-order valence-corrected chi connectivity index (χ1v) is 7.71. The first kappa shape index (κ1) is 15.5. The predicted molar refractivity (Wildman–Crippen MR) is 81.9 cm³/mol. The van der Waals surface area contributed by atoms with Gasteiger partial charge in [-0.15, -0.1) is 0 Å². The van der Waals surface area contributed by atoms with Gasteiger partial charge in [0, 0.05) is 6.61 Å². The highest BCUT2D eigenvalue weighted by molar-refractivity contribution is 5.26. The van der Waals surface area contributed by atoms with Crippen molar-refractivity contribution >= 4 is 0 Å². The number of nitrogens with two attached hydrogens (primary N) is 1. The third kappa shape index (κ3) is 4.58. The van der Waals surface area contributed by atoms with Gasteiger partial charge in [-0.2, -0.15) is 0 Å². The summed E-state index contributed by atoms with van der Waals surface area (Å²) in [5.41, 5.74) is 8.65. The molecule has 3 nitrogen and oxygen atoms in total. The lowest BCUT2D eigenvalue weighted by Gasteiger charge is -2.23. The molecule has 2 unspecified atom stereocenters. The van der Waals surface area contributed by atoms with Crippen molar-refractivity contribution in [2.24, 2.45) is 5.73 Å². The molecule has 0 amide bonds. The molecule has 20 heavy (non-hydrogen) atoms. The zero-order chi connectivity index (χ0) is 14.4. The molecule has 1 aromatic rings. The fraction of sp³-hybridized carbons (Fsp3) is 0.647. The maximum Gasteiger partial charge on any atom is 0.0808 e. The topological polar surface area (TPSA) is 44.5 Å². The summed E-state index contributed by atoms with van der Waals surface area (Å²) in [4.78, 5) is 0. The normalized spacial score (nSPS) is 21.1. The van der Waals surface area contributed by atoms with Crippen LogP contribution < -0.4 is 5.73 Å². The van der Waals surface area contributed by atoms with Gasteiger partial charge < -0.3 is 15.2 Å². The maximum absolute atomic E-state index is 6.17. The summed E-state index contributed by atoms with van der Waals surface area (Å²) in [6, 6.07) is 8.48. The Morgan fingerprint density at radius 1 is 1.20 bits per heavy atom. The van der Waals surface area contributed by atoms with Gasteiger partial charge in [-0.25, -0.2) is 0 Å². The van der Waals surface area contributed by atoms with Gasteiger partial charge in [-0.3, -0.25) is 0 Å². The molecule has 1 fully saturated rings. The third-order valence-corrected chi connectivity index (χ3v) is 3.91. The Morgan fingerprint density at radius 2 is 1.90 bits per heavy atom. The number of rotatable bonds is 6. The molecular formula is C17H27NO2. The van der Waals surface area contributed by atoms with Crippen molar-refractivity contribution in [1.82, 2.24) is 0 Å². The minimum Gasteiger partial charge on any atom is -0.377 e. The van der Waals surface area contributed by atoms with E-state index in [4.69, 9.17) is 15.2 Å². The minimum absolute atomic E-state index is 0.0557. The van der Waals surface area contributed by atoms with Crippen LogP contribution in [0.3, 0.4) is 0 Å². The Kier molecular flexibility index (Phi) is 6.02. The summed E-state index contributed by atoms with van der Waals surface area (Å²) in [5, 5.41) is 0. The van der Waals surface area contributed by atoms with Gasteiger partial charge >= 0.3 is 0 Å². The van der Waals surface area contributed by atoms with E-state index in [2.05, 4.69) is 38.1 Å². The first-order chi connectivity index (χ1) is 9.66. The van der Waals surface area contributed by atoms with Crippen LogP contribution in [0.1, 0.15) is 56.2 Å². The summed E-state index contributed by atoms with van der Waals surface area (Å²) in [7, 11) is 0. The second kappa shape index (κ2) is 7.77. The van der Waals surface area contributed by atoms with Crippen molar-refractivity contribution in [3.8, 4) is 0 Å². The van der Waals surface area contributed by atoms with Gasteiger partial charge in [0.2, 0.25) is 0 Å². The molecule has 0 aromatic heterocycles. The number of benzene rings is 1. The average Bonchev–Trinajstić information content (AvgIpc) is 2.48. The lowest BCUT2D eigenvalue weighted by Crippen LogP contribution is -2.26. The second-order valence-electron chi connectivity index (χ2n) is 5.95. The molecule has 2 atom stereocenters. The van der Waals surface area contributed by atoms with Crippen LogP contribution in [0, 0.1) is 0 Å². The molecule has 1 aliphatic rings. The molecule has 0 bridgehead atoms. The molecule has 1 aliphatic heterocycles. The lowest BCUT2D eigenvalue weighted by molar-refractivity contribution is -0.0428. The molecule has 0 saturated carbocycles. The molecule has 3 heteroatoms. The Bertz CT molecular complexity index is 382. The number of hydrogen-bond acceptors (Lipinski definition) is 3. The molecule has 1 aromatic carbocycles. The minimum atomic E-state index is -0.0557. The highest BCUT2D eigenvalue weighted by Crippen LogP contribution is 2.18. The van der Waals surface area contributed by atoms with Crippen molar-refractivity contribution in [3.05, 3.63) is 35.4 Å². The molecular weight excluding hydrogens is 250 g/mol. The molecule has 0 aliphatic carbocycles. The van der Waals surface area contributed by atoms with Crippen LogP contribution in [-0.2, 0) is 9.47 Å². The van der Waals surface area contributed by atoms with Crippen molar-refractivity contribution in [2.75, 3.05) is 19.8 Å². The van der Waals surface area contributed by atoms with Crippen LogP contribution in [0.4, 0.5) is 0 Å². The van der Waals surface area contributed by atoms with E-state index in [1.54, 1.807) is 0 Å². The lowest BCUT2D eigenvalue weighted by atomic mass is 9.99. The molecule has 2 N–H and O–H groups in total. The fourth-order valence-electron chi connectivity index (χ4n) is 2.49. The van der Waals surface area contributed by atoms with Crippen LogP contribution in [0.15, 0.2) is 24.3 Å². The fourth-order valence-corrected chi connectivity index (χ4v) is 2.49. The Balaban J connectivity index is 1.74. The number of ether oxygens (including phenoxy) is 2. The zero-order valence-corrected chi connectivity index (χ0v) is 12.7. The summed E-state index contributed by atoms with van der Waals surface area (Å²) in [5.74, 6) is 0.556. The van der Waals surface area contributed by atoms with Crippen molar-refractivity contribution in [3.63, 3.8) is 0 Å². The van der Waals surface area contributed by atoms with Gasteiger partial charge in [0.25, 0.3) is 0 Å². The van der Waals surface area contributed by atoms with E-state index in [1.165, 1.54) is 18.4 Å². The molecule has 1 saturated heterocycles. The van der Waals surface area contributed by atoms with Crippen LogP contribution in [0.2, 0.25) is 0 Å². The summed E-state index contributed by atoms with van der Waals surface area (Å²) in [6.45, 7) is 6.49. The third-order valence-electron chi connectivity index (χ3n) is 3.91.